The summed E-state index contributed by atoms with van der Waals surface area (Å²) in [5.74, 6) is -0.930. The van der Waals surface area contributed by atoms with Crippen LogP contribution in [0.25, 0.3) is 0 Å². The fourth-order valence-electron chi connectivity index (χ4n) is 4.96. The van der Waals surface area contributed by atoms with Gasteiger partial charge in [-0.15, -0.1) is 0 Å². The molecule has 2 aromatic rings. The van der Waals surface area contributed by atoms with Gasteiger partial charge in [0.2, 0.25) is 15.9 Å². The number of methoxy groups -OCH3 is 1. The molecule has 1 amide bonds. The number of Topliss-reactive ketones (excluding diaryl/α,β-unsaturated/α-hetero) is 1. The van der Waals surface area contributed by atoms with Gasteiger partial charge in [0.05, 0.1) is 30.2 Å². The predicted octanol–water partition coefficient (Wildman–Crippen LogP) is 8.26. The average molecular weight is 631 g/mol. The van der Waals surface area contributed by atoms with Crippen molar-refractivity contribution in [3.8, 4) is 11.5 Å². The van der Waals surface area contributed by atoms with E-state index in [4.69, 9.17) is 9.47 Å². The van der Waals surface area contributed by atoms with Gasteiger partial charge in [0.15, 0.2) is 5.78 Å². The quantitative estimate of drug-likeness (QED) is 0.0753. The lowest BCUT2D eigenvalue weighted by Gasteiger charge is -2.16. The van der Waals surface area contributed by atoms with E-state index in [0.29, 0.717) is 17.9 Å². The van der Waals surface area contributed by atoms with E-state index < -0.39 is 21.8 Å². The van der Waals surface area contributed by atoms with Gasteiger partial charge in [0, 0.05) is 25.7 Å². The third-order valence-corrected chi connectivity index (χ3v) is 9.71. The Morgan fingerprint density at radius 2 is 1.32 bits per heavy atom. The first-order chi connectivity index (χ1) is 21.1. The number of carbonyl (C=O) groups excluding carboxylic acids is 2. The molecule has 1 N–H and O–H groups in total. The molecule has 9 heteroatoms. The van der Waals surface area contributed by atoms with Crippen LogP contribution in [-0.4, -0.2) is 52.2 Å². The number of carbonyl (C=O) groups is 2. The van der Waals surface area contributed by atoms with Gasteiger partial charge >= 0.3 is 0 Å². The number of rotatable bonds is 23. The molecule has 0 bridgehead atoms. The summed E-state index contributed by atoms with van der Waals surface area (Å²) in [5, 5.41) is 2.68. The van der Waals surface area contributed by atoms with Crippen molar-refractivity contribution in [2.24, 2.45) is 5.92 Å². The first kappa shape index (κ1) is 37.3. The highest BCUT2D eigenvalue weighted by atomic mass is 32.2. The average Bonchev–Trinajstić information content (AvgIpc) is 3.02. The summed E-state index contributed by atoms with van der Waals surface area (Å²) in [7, 11) is 0.587. The first-order valence-corrected chi connectivity index (χ1v) is 17.7. The molecule has 0 heterocycles. The van der Waals surface area contributed by atoms with Crippen LogP contribution < -0.4 is 14.8 Å². The van der Waals surface area contributed by atoms with Crippen molar-refractivity contribution in [1.29, 1.82) is 0 Å². The van der Waals surface area contributed by atoms with E-state index in [1.54, 1.807) is 24.3 Å². The van der Waals surface area contributed by atoms with Crippen molar-refractivity contribution in [1.82, 2.24) is 4.31 Å². The minimum absolute atomic E-state index is 0.0353. The normalized spacial score (nSPS) is 12.2. The van der Waals surface area contributed by atoms with E-state index in [0.717, 1.165) is 17.1 Å². The van der Waals surface area contributed by atoms with E-state index in [2.05, 4.69) is 12.2 Å². The minimum Gasteiger partial charge on any atom is -0.495 e. The largest absolute Gasteiger partial charge is 0.495 e. The van der Waals surface area contributed by atoms with Crippen molar-refractivity contribution in [3.05, 3.63) is 48.0 Å². The third kappa shape index (κ3) is 12.6. The van der Waals surface area contributed by atoms with E-state index >= 15 is 0 Å². The van der Waals surface area contributed by atoms with Crippen molar-refractivity contribution in [3.63, 3.8) is 0 Å². The molecule has 0 aromatic heterocycles. The van der Waals surface area contributed by atoms with Crippen LogP contribution in [0.4, 0.5) is 5.69 Å². The van der Waals surface area contributed by atoms with E-state index in [9.17, 15) is 18.0 Å². The van der Waals surface area contributed by atoms with E-state index in [1.165, 1.54) is 123 Å². The zero-order chi connectivity index (χ0) is 32.4. The lowest BCUT2D eigenvalue weighted by Crippen LogP contribution is -2.27. The number of ketones is 1. The van der Waals surface area contributed by atoms with Crippen LogP contribution >= 0.6 is 0 Å². The lowest BCUT2D eigenvalue weighted by molar-refractivity contribution is -0.118. The monoisotopic (exact) mass is 630 g/mol. The van der Waals surface area contributed by atoms with Crippen LogP contribution in [0.15, 0.2) is 47.4 Å². The summed E-state index contributed by atoms with van der Waals surface area (Å²) in [6.07, 6.45) is 18.4. The summed E-state index contributed by atoms with van der Waals surface area (Å²) < 4.78 is 37.1. The van der Waals surface area contributed by atoms with Crippen LogP contribution in [0.1, 0.15) is 114 Å². The Morgan fingerprint density at radius 1 is 0.795 bits per heavy atom. The highest BCUT2D eigenvalue weighted by Crippen LogP contribution is 2.29. The predicted molar refractivity (Wildman–Crippen MR) is 178 cm³/mol. The molecule has 44 heavy (non-hydrogen) atoms. The van der Waals surface area contributed by atoms with Crippen LogP contribution in [0.3, 0.4) is 0 Å². The number of hydrogen-bond donors (Lipinski definition) is 1. The number of nitrogens with one attached hydrogen (secondary N) is 1. The van der Waals surface area contributed by atoms with E-state index in [-0.39, 0.29) is 22.1 Å². The molecule has 0 aliphatic heterocycles. The van der Waals surface area contributed by atoms with Crippen LogP contribution in [0.5, 0.6) is 11.5 Å². The molecule has 0 fully saturated rings. The standard InChI is InChI=1S/C35H54N2O6S/c1-6-7-8-9-10-11-12-13-14-15-16-17-18-19-26-43-30-22-20-29(21-23-30)34(38)28(2)35(39)36-32-25-24-31(27-33(32)42-5)44(40,41)37(3)4/h20-25,27-28H,6-19,26H2,1-5H3,(H,36,39). The van der Waals surface area contributed by atoms with Gasteiger partial charge in [-0.3, -0.25) is 9.59 Å². The van der Waals surface area contributed by atoms with Crippen LogP contribution in [-0.2, 0) is 14.8 Å². The molecule has 0 spiro atoms. The molecular formula is C35H54N2O6S. The van der Waals surface area contributed by atoms with Crippen molar-refractivity contribution in [2.45, 2.75) is 109 Å². The topological polar surface area (TPSA) is 102 Å². The SMILES string of the molecule is CCCCCCCCCCCCCCCCOc1ccc(C(=O)C(C)C(=O)Nc2ccc(S(=O)(=O)N(C)C)cc2OC)cc1. The zero-order valence-corrected chi connectivity index (χ0v) is 28.3. The van der Waals surface area contributed by atoms with Gasteiger partial charge in [-0.25, -0.2) is 12.7 Å². The second-order valence-corrected chi connectivity index (χ2v) is 13.8. The number of unbranched alkanes of at least 4 members (excludes halogenated alkanes) is 13. The fourth-order valence-corrected chi connectivity index (χ4v) is 5.88. The number of hydrogen-bond acceptors (Lipinski definition) is 6. The fraction of sp³-hybridized carbons (Fsp3) is 0.600. The Kier molecular flexibility index (Phi) is 17.1. The zero-order valence-electron chi connectivity index (χ0n) is 27.5. The Bertz CT molecular complexity index is 1240. The lowest BCUT2D eigenvalue weighted by atomic mass is 9.98. The third-order valence-electron chi connectivity index (χ3n) is 7.90. The maximum atomic E-state index is 13.0. The molecule has 0 saturated carbocycles. The van der Waals surface area contributed by atoms with Gasteiger partial charge < -0.3 is 14.8 Å². The van der Waals surface area contributed by atoms with Gasteiger partial charge in [-0.05, 0) is 49.7 Å². The molecular weight excluding hydrogens is 576 g/mol. The maximum Gasteiger partial charge on any atom is 0.242 e. The summed E-state index contributed by atoms with van der Waals surface area (Å²) in [6, 6.07) is 11.0. The Hall–Kier alpha value is -2.91. The first-order valence-electron chi connectivity index (χ1n) is 16.3. The van der Waals surface area contributed by atoms with Crippen LogP contribution in [0, 0.1) is 5.92 Å². The Balaban J connectivity index is 1.69. The summed E-state index contributed by atoms with van der Waals surface area (Å²) in [4.78, 5) is 25.9. The Labute approximate surface area is 266 Å². The van der Waals surface area contributed by atoms with Crippen molar-refractivity contribution >= 4 is 27.4 Å². The van der Waals surface area contributed by atoms with Crippen molar-refractivity contribution < 1.29 is 27.5 Å². The number of nitrogens with zero attached hydrogens (tertiary/aromatic N) is 1. The number of sulfonamides is 1. The number of amides is 1. The Morgan fingerprint density at radius 3 is 1.82 bits per heavy atom. The van der Waals surface area contributed by atoms with Crippen molar-refractivity contribution in [2.75, 3.05) is 33.1 Å². The number of anilines is 1. The molecule has 0 aliphatic carbocycles. The molecule has 2 rings (SSSR count). The maximum absolute atomic E-state index is 13.0. The second kappa shape index (κ2) is 20.2. The van der Waals surface area contributed by atoms with Crippen LogP contribution in [0.2, 0.25) is 0 Å². The number of benzene rings is 2. The van der Waals surface area contributed by atoms with E-state index in [1.807, 2.05) is 0 Å². The summed E-state index contributed by atoms with van der Waals surface area (Å²) >= 11 is 0. The van der Waals surface area contributed by atoms with Gasteiger partial charge in [0.1, 0.15) is 11.5 Å². The second-order valence-electron chi connectivity index (χ2n) is 11.7. The molecule has 0 aliphatic rings. The van der Waals surface area contributed by atoms with Gasteiger partial charge in [-0.1, -0.05) is 90.4 Å². The molecule has 1 atom stereocenters. The molecule has 0 saturated heterocycles. The summed E-state index contributed by atoms with van der Waals surface area (Å²) in [5.41, 5.74) is 0.693. The minimum atomic E-state index is -3.67. The smallest absolute Gasteiger partial charge is 0.242 e. The summed E-state index contributed by atoms with van der Waals surface area (Å²) in [6.45, 7) is 4.44. The highest BCUT2D eigenvalue weighted by molar-refractivity contribution is 7.89. The molecule has 246 valence electrons. The molecule has 1 unspecified atom stereocenters. The van der Waals surface area contributed by atoms with Gasteiger partial charge in [-0.2, -0.15) is 0 Å². The van der Waals surface area contributed by atoms with Gasteiger partial charge in [0.25, 0.3) is 0 Å². The molecule has 8 nitrogen and oxygen atoms in total. The molecule has 0 radical (unpaired) electrons. The number of ether oxygens (including phenoxy) is 2. The molecule has 2 aromatic carbocycles. The highest BCUT2D eigenvalue weighted by Gasteiger charge is 2.25.